The van der Waals surface area contributed by atoms with Crippen molar-refractivity contribution in [2.75, 3.05) is 0 Å². The lowest BCUT2D eigenvalue weighted by molar-refractivity contribution is -0.299. The van der Waals surface area contributed by atoms with Crippen molar-refractivity contribution >= 4 is 5.97 Å². The lowest BCUT2D eigenvalue weighted by Gasteiger charge is -2.02. The number of carboxylic acids is 1. The summed E-state index contributed by atoms with van der Waals surface area (Å²) in [6, 6.07) is 0. The minimum absolute atomic E-state index is 0.365. The van der Waals surface area contributed by atoms with Crippen LogP contribution in [0.2, 0.25) is 0 Å². The second-order valence-electron chi connectivity index (χ2n) is 4.79. The van der Waals surface area contributed by atoms with Crippen molar-refractivity contribution < 1.29 is 9.90 Å². The number of hydrogen-bond acceptors (Lipinski definition) is 2. The maximum Gasteiger partial charge on any atom is 0.0668 e. The first-order valence-corrected chi connectivity index (χ1v) is 7.06. The number of aliphatic carboxylic acids is 1. The molecule has 0 rings (SSSR count). The molecule has 0 N–H and O–H groups in total. The van der Waals surface area contributed by atoms with E-state index < -0.39 is 5.97 Å². The number of unbranched alkanes of at least 4 members (excludes halogenated alkanes) is 9. The summed E-state index contributed by atoms with van der Waals surface area (Å²) in [5, 5.41) is 10.4. The van der Waals surface area contributed by atoms with Gasteiger partial charge in [0.1, 0.15) is 0 Å². The number of carbonyl (C=O) groups is 1. The standard InChI is InChI=1S/C15H28O2/c1-3-4-5-6-7-8-9-10-11-12-13-14(2)15(16)17/h13H,3-12H2,1-2H3,(H,16,17)/p-1/b14-13+. The molecule has 0 aromatic carbocycles. The van der Waals surface area contributed by atoms with Crippen LogP contribution in [-0.4, -0.2) is 5.97 Å². The van der Waals surface area contributed by atoms with Crippen LogP contribution < -0.4 is 5.11 Å². The fraction of sp³-hybridized carbons (Fsp3) is 0.800. The summed E-state index contributed by atoms with van der Waals surface area (Å²) in [6.45, 7) is 3.84. The quantitative estimate of drug-likeness (QED) is 0.408. The summed E-state index contributed by atoms with van der Waals surface area (Å²) >= 11 is 0. The van der Waals surface area contributed by atoms with E-state index in [2.05, 4.69) is 6.92 Å². The summed E-state index contributed by atoms with van der Waals surface area (Å²) in [5.41, 5.74) is 0.365. The molecule has 17 heavy (non-hydrogen) atoms. The third-order valence-corrected chi connectivity index (χ3v) is 3.08. The first-order chi connectivity index (χ1) is 8.18. The summed E-state index contributed by atoms with van der Waals surface area (Å²) in [5.74, 6) is -1.04. The second-order valence-corrected chi connectivity index (χ2v) is 4.79. The highest BCUT2D eigenvalue weighted by atomic mass is 16.4. The highest BCUT2D eigenvalue weighted by Gasteiger charge is 1.92. The molecule has 0 saturated heterocycles. The number of hydrogen-bond donors (Lipinski definition) is 0. The number of rotatable bonds is 11. The number of carbonyl (C=O) groups excluding carboxylic acids is 1. The van der Waals surface area contributed by atoms with Crippen molar-refractivity contribution in [2.24, 2.45) is 0 Å². The van der Waals surface area contributed by atoms with E-state index in [0.717, 1.165) is 12.8 Å². The summed E-state index contributed by atoms with van der Waals surface area (Å²) in [6.07, 6.45) is 14.3. The molecular formula is C15H27O2-. The predicted molar refractivity (Wildman–Crippen MR) is 70.6 cm³/mol. The van der Waals surface area contributed by atoms with Crippen LogP contribution in [0.3, 0.4) is 0 Å². The Morgan fingerprint density at radius 1 is 0.941 bits per heavy atom. The van der Waals surface area contributed by atoms with Crippen molar-refractivity contribution in [3.05, 3.63) is 11.6 Å². The van der Waals surface area contributed by atoms with Crippen LogP contribution in [0, 0.1) is 0 Å². The van der Waals surface area contributed by atoms with Gasteiger partial charge in [0, 0.05) is 0 Å². The molecule has 0 aliphatic rings. The first-order valence-electron chi connectivity index (χ1n) is 7.06. The number of carboxylic acid groups (broad SMARTS) is 1. The van der Waals surface area contributed by atoms with Crippen molar-refractivity contribution in [1.82, 2.24) is 0 Å². The first kappa shape index (κ1) is 16.2. The highest BCUT2D eigenvalue weighted by molar-refractivity contribution is 5.83. The van der Waals surface area contributed by atoms with Crippen molar-refractivity contribution in [3.8, 4) is 0 Å². The van der Waals surface area contributed by atoms with Gasteiger partial charge in [0.05, 0.1) is 5.97 Å². The Labute approximate surface area is 106 Å². The molecule has 0 fully saturated rings. The van der Waals surface area contributed by atoms with Gasteiger partial charge in [0.15, 0.2) is 0 Å². The Bertz CT molecular complexity index is 219. The van der Waals surface area contributed by atoms with Crippen LogP contribution in [0.1, 0.15) is 78.1 Å². The fourth-order valence-corrected chi connectivity index (χ4v) is 1.86. The smallest absolute Gasteiger partial charge is 0.0668 e. The van der Waals surface area contributed by atoms with Crippen molar-refractivity contribution in [1.29, 1.82) is 0 Å². The van der Waals surface area contributed by atoms with Crippen LogP contribution in [-0.2, 0) is 4.79 Å². The lowest BCUT2D eigenvalue weighted by atomic mass is 10.1. The van der Waals surface area contributed by atoms with Gasteiger partial charge >= 0.3 is 0 Å². The normalized spacial score (nSPS) is 11.8. The minimum atomic E-state index is -1.04. The predicted octanol–water partition coefficient (Wildman–Crippen LogP) is 3.60. The van der Waals surface area contributed by atoms with E-state index in [9.17, 15) is 9.90 Å². The molecule has 2 nitrogen and oxygen atoms in total. The average molecular weight is 239 g/mol. The van der Waals surface area contributed by atoms with Gasteiger partial charge in [0.2, 0.25) is 0 Å². The maximum atomic E-state index is 10.4. The third-order valence-electron chi connectivity index (χ3n) is 3.08. The van der Waals surface area contributed by atoms with E-state index in [-0.39, 0.29) is 0 Å². The van der Waals surface area contributed by atoms with Crippen LogP contribution in [0.15, 0.2) is 11.6 Å². The van der Waals surface area contributed by atoms with Gasteiger partial charge in [-0.3, -0.25) is 0 Å². The van der Waals surface area contributed by atoms with Crippen LogP contribution in [0.25, 0.3) is 0 Å². The molecule has 0 bridgehead atoms. The van der Waals surface area contributed by atoms with E-state index in [4.69, 9.17) is 0 Å². The zero-order chi connectivity index (χ0) is 12.9. The van der Waals surface area contributed by atoms with E-state index >= 15 is 0 Å². The third kappa shape index (κ3) is 11.5. The molecule has 0 unspecified atom stereocenters. The molecule has 0 spiro atoms. The summed E-state index contributed by atoms with van der Waals surface area (Å²) in [4.78, 5) is 10.4. The Morgan fingerprint density at radius 2 is 1.41 bits per heavy atom. The van der Waals surface area contributed by atoms with Gasteiger partial charge in [-0.2, -0.15) is 0 Å². The Kier molecular flexibility index (Phi) is 11.1. The van der Waals surface area contributed by atoms with Gasteiger partial charge in [0.25, 0.3) is 0 Å². The molecular weight excluding hydrogens is 212 g/mol. The highest BCUT2D eigenvalue weighted by Crippen LogP contribution is 2.11. The van der Waals surface area contributed by atoms with Gasteiger partial charge in [-0.15, -0.1) is 0 Å². The van der Waals surface area contributed by atoms with Crippen molar-refractivity contribution in [3.63, 3.8) is 0 Å². The van der Waals surface area contributed by atoms with Gasteiger partial charge < -0.3 is 9.90 Å². The molecule has 0 aliphatic carbocycles. The van der Waals surface area contributed by atoms with Crippen LogP contribution in [0.4, 0.5) is 0 Å². The zero-order valence-corrected chi connectivity index (χ0v) is 11.5. The van der Waals surface area contributed by atoms with Crippen LogP contribution in [0.5, 0.6) is 0 Å². The second kappa shape index (κ2) is 11.7. The maximum absolute atomic E-state index is 10.4. The van der Waals surface area contributed by atoms with E-state index in [0.29, 0.717) is 5.57 Å². The lowest BCUT2D eigenvalue weighted by Crippen LogP contribution is -2.22. The molecule has 0 heterocycles. The molecule has 0 saturated carbocycles. The molecule has 0 atom stereocenters. The van der Waals surface area contributed by atoms with E-state index in [1.165, 1.54) is 51.4 Å². The van der Waals surface area contributed by atoms with Gasteiger partial charge in [-0.05, 0) is 25.3 Å². The number of allylic oxidation sites excluding steroid dienone is 1. The minimum Gasteiger partial charge on any atom is -0.545 e. The van der Waals surface area contributed by atoms with E-state index in [1.54, 1.807) is 13.0 Å². The SMILES string of the molecule is CCCCCCCCCCC/C=C(\C)C(=O)[O-]. The Morgan fingerprint density at radius 3 is 1.88 bits per heavy atom. The molecule has 0 amide bonds. The Balaban J connectivity index is 3.19. The van der Waals surface area contributed by atoms with Gasteiger partial charge in [-0.1, -0.05) is 64.4 Å². The van der Waals surface area contributed by atoms with E-state index in [1.807, 2.05) is 0 Å². The molecule has 0 aromatic heterocycles. The molecule has 0 aromatic rings. The van der Waals surface area contributed by atoms with Crippen LogP contribution >= 0.6 is 0 Å². The molecule has 2 heteroatoms. The molecule has 100 valence electrons. The Hall–Kier alpha value is -0.790. The molecule has 0 radical (unpaired) electrons. The van der Waals surface area contributed by atoms with Gasteiger partial charge in [-0.25, -0.2) is 0 Å². The largest absolute Gasteiger partial charge is 0.545 e. The van der Waals surface area contributed by atoms with Crippen molar-refractivity contribution in [2.45, 2.75) is 78.1 Å². The topological polar surface area (TPSA) is 40.1 Å². The zero-order valence-electron chi connectivity index (χ0n) is 11.5. The average Bonchev–Trinajstić information content (AvgIpc) is 2.31. The summed E-state index contributed by atoms with van der Waals surface area (Å²) in [7, 11) is 0. The monoisotopic (exact) mass is 239 g/mol. The summed E-state index contributed by atoms with van der Waals surface area (Å²) < 4.78 is 0. The molecule has 0 aliphatic heterocycles. The fourth-order valence-electron chi connectivity index (χ4n) is 1.86.